The minimum atomic E-state index is -1.21. The first-order chi connectivity index (χ1) is 20.8. The van der Waals surface area contributed by atoms with Gasteiger partial charge in [0.25, 0.3) is 5.91 Å². The summed E-state index contributed by atoms with van der Waals surface area (Å²) in [7, 11) is 1.20. The molecule has 220 valence electrons. The normalized spacial score (nSPS) is 11.7. The molecule has 43 heavy (non-hydrogen) atoms. The Bertz CT molecular complexity index is 1830. The second-order valence-corrected chi connectivity index (χ2v) is 10.5. The average molecular weight is 601 g/mol. The number of para-hydroxylation sites is 2. The molecule has 0 aliphatic carbocycles. The molecule has 1 unspecified atom stereocenters. The fourth-order valence-electron chi connectivity index (χ4n) is 4.72. The Morgan fingerprint density at radius 1 is 0.953 bits per heavy atom. The Labute approximate surface area is 250 Å². The van der Waals surface area contributed by atoms with Crippen molar-refractivity contribution >= 4 is 62.0 Å². The van der Waals surface area contributed by atoms with Crippen LogP contribution in [-0.4, -0.2) is 48.6 Å². The zero-order valence-electron chi connectivity index (χ0n) is 23.9. The summed E-state index contributed by atoms with van der Waals surface area (Å²) in [6, 6.07) is 18.1. The summed E-state index contributed by atoms with van der Waals surface area (Å²) >= 11 is 0.887. The van der Waals surface area contributed by atoms with Crippen molar-refractivity contribution in [2.45, 2.75) is 33.3 Å². The van der Waals surface area contributed by atoms with Crippen molar-refractivity contribution in [1.29, 1.82) is 0 Å². The molecule has 0 spiro atoms. The Balaban J connectivity index is 1.45. The second-order valence-electron chi connectivity index (χ2n) is 9.46. The number of aromatic nitrogens is 1. The number of anilines is 1. The largest absolute Gasteiger partial charge is 0.465 e. The van der Waals surface area contributed by atoms with Crippen molar-refractivity contribution < 1.29 is 37.8 Å². The van der Waals surface area contributed by atoms with Crippen LogP contribution in [0.4, 0.5) is 5.00 Å². The van der Waals surface area contributed by atoms with Crippen LogP contribution in [0.1, 0.15) is 56.2 Å². The van der Waals surface area contributed by atoms with Gasteiger partial charge in [-0.15, -0.1) is 11.3 Å². The summed E-state index contributed by atoms with van der Waals surface area (Å²) < 4.78 is 21.7. The minimum absolute atomic E-state index is 0.0297. The predicted molar refractivity (Wildman–Crippen MR) is 161 cm³/mol. The van der Waals surface area contributed by atoms with Crippen LogP contribution in [0, 0.1) is 6.92 Å². The molecule has 10 nitrogen and oxygen atoms in total. The summed E-state index contributed by atoms with van der Waals surface area (Å²) in [4.78, 5) is 56.7. The van der Waals surface area contributed by atoms with E-state index in [1.165, 1.54) is 7.11 Å². The molecule has 1 N–H and O–H groups in total. The highest BCUT2D eigenvalue weighted by atomic mass is 32.1. The minimum Gasteiger partial charge on any atom is -0.465 e. The van der Waals surface area contributed by atoms with Gasteiger partial charge in [0.1, 0.15) is 15.4 Å². The smallest absolute Gasteiger partial charge is 0.348 e. The standard InChI is InChI=1S/C32H28N2O8S/c1-5-22(27(35)34-29-24(31(37)39-4)17(3)26(43-29)32(38)40-6-2)42-30(36)20-14-10-12-18-11-9-13-19(25(18)20)28-33-21-15-7-8-16-23(21)41-28/h7-16,22H,5-6H2,1-4H3,(H,34,35). The number of thiophene rings is 1. The number of rotatable bonds is 9. The molecule has 0 bridgehead atoms. The van der Waals surface area contributed by atoms with Crippen molar-refractivity contribution in [2.75, 3.05) is 19.0 Å². The molecule has 5 rings (SSSR count). The number of oxazole rings is 1. The van der Waals surface area contributed by atoms with Crippen molar-refractivity contribution in [3.63, 3.8) is 0 Å². The number of hydrogen-bond donors (Lipinski definition) is 1. The number of amides is 1. The number of fused-ring (bicyclic) bond motifs is 2. The van der Waals surface area contributed by atoms with Crippen LogP contribution in [0.3, 0.4) is 0 Å². The summed E-state index contributed by atoms with van der Waals surface area (Å²) in [6.45, 7) is 5.06. The number of hydrogen-bond acceptors (Lipinski definition) is 10. The molecule has 3 aromatic carbocycles. The molecule has 5 aromatic rings. The number of esters is 3. The summed E-state index contributed by atoms with van der Waals surface area (Å²) in [5.41, 5.74) is 2.47. The van der Waals surface area contributed by atoms with Crippen LogP contribution in [0.5, 0.6) is 0 Å². The fraction of sp³-hybridized carbons (Fsp3) is 0.219. The maximum atomic E-state index is 13.6. The molecule has 0 saturated heterocycles. The van der Waals surface area contributed by atoms with E-state index in [-0.39, 0.29) is 34.0 Å². The molecular formula is C32H28N2O8S. The molecule has 11 heteroatoms. The van der Waals surface area contributed by atoms with Crippen LogP contribution in [0.2, 0.25) is 0 Å². The number of nitrogens with zero attached hydrogens (tertiary/aromatic N) is 1. The second kappa shape index (κ2) is 12.5. The first-order valence-corrected chi connectivity index (χ1v) is 14.4. The van der Waals surface area contributed by atoms with Gasteiger partial charge in [-0.3, -0.25) is 4.79 Å². The molecule has 0 radical (unpaired) electrons. The Kier molecular flexibility index (Phi) is 8.53. The SMILES string of the molecule is CCOC(=O)c1sc(NC(=O)C(CC)OC(=O)c2cccc3cccc(-c4nc5ccccc5o4)c23)c(C(=O)OC)c1C. The van der Waals surface area contributed by atoms with Crippen LogP contribution in [0.25, 0.3) is 33.3 Å². The summed E-state index contributed by atoms with van der Waals surface area (Å²) in [6.07, 6.45) is -1.07. The monoisotopic (exact) mass is 600 g/mol. The lowest BCUT2D eigenvalue weighted by atomic mass is 9.99. The molecule has 1 amide bonds. The van der Waals surface area contributed by atoms with E-state index in [0.29, 0.717) is 33.5 Å². The van der Waals surface area contributed by atoms with E-state index in [0.717, 1.165) is 16.7 Å². The van der Waals surface area contributed by atoms with Gasteiger partial charge in [-0.1, -0.05) is 43.3 Å². The maximum Gasteiger partial charge on any atom is 0.348 e. The van der Waals surface area contributed by atoms with E-state index in [1.54, 1.807) is 32.9 Å². The fourth-order valence-corrected chi connectivity index (χ4v) is 5.82. The summed E-state index contributed by atoms with van der Waals surface area (Å²) in [5.74, 6) is -2.40. The zero-order valence-corrected chi connectivity index (χ0v) is 24.7. The van der Waals surface area contributed by atoms with Gasteiger partial charge in [-0.2, -0.15) is 0 Å². The van der Waals surface area contributed by atoms with Crippen molar-refractivity contribution in [3.8, 4) is 11.5 Å². The van der Waals surface area contributed by atoms with Crippen LogP contribution >= 0.6 is 11.3 Å². The molecule has 0 saturated carbocycles. The number of nitrogens with one attached hydrogen (secondary N) is 1. The van der Waals surface area contributed by atoms with Crippen LogP contribution in [-0.2, 0) is 19.0 Å². The highest BCUT2D eigenvalue weighted by Crippen LogP contribution is 2.35. The number of carbonyl (C=O) groups excluding carboxylic acids is 4. The molecular weight excluding hydrogens is 572 g/mol. The molecule has 2 aromatic heterocycles. The zero-order chi connectivity index (χ0) is 30.7. The van der Waals surface area contributed by atoms with Gasteiger partial charge >= 0.3 is 17.9 Å². The molecule has 0 aliphatic heterocycles. The Morgan fingerprint density at radius 3 is 2.40 bits per heavy atom. The average Bonchev–Trinajstić information content (AvgIpc) is 3.59. The van der Waals surface area contributed by atoms with E-state index in [9.17, 15) is 19.2 Å². The maximum absolute atomic E-state index is 13.6. The van der Waals surface area contributed by atoms with Crippen LogP contribution < -0.4 is 5.32 Å². The molecule has 0 fully saturated rings. The van der Waals surface area contributed by atoms with Gasteiger partial charge in [0.05, 0.1) is 24.8 Å². The Hall–Kier alpha value is -5.03. The number of ether oxygens (including phenoxy) is 3. The van der Waals surface area contributed by atoms with Gasteiger partial charge in [0.2, 0.25) is 5.89 Å². The highest BCUT2D eigenvalue weighted by Gasteiger charge is 2.30. The van der Waals surface area contributed by atoms with Crippen LogP contribution in [0.15, 0.2) is 65.1 Å². The quantitative estimate of drug-likeness (QED) is 0.148. The van der Waals surface area contributed by atoms with Crippen molar-refractivity contribution in [3.05, 3.63) is 82.2 Å². The third kappa shape index (κ3) is 5.71. The number of carbonyl (C=O) groups is 4. The van der Waals surface area contributed by atoms with E-state index < -0.39 is 29.9 Å². The Morgan fingerprint density at radius 2 is 1.70 bits per heavy atom. The van der Waals surface area contributed by atoms with Gasteiger partial charge in [-0.05, 0) is 55.5 Å². The predicted octanol–water partition coefficient (Wildman–Crippen LogP) is 6.56. The first kappa shape index (κ1) is 29.5. The third-order valence-corrected chi connectivity index (χ3v) is 7.98. The van der Waals surface area contributed by atoms with Crippen molar-refractivity contribution in [2.24, 2.45) is 0 Å². The van der Waals surface area contributed by atoms with Crippen molar-refractivity contribution in [1.82, 2.24) is 4.98 Å². The number of benzene rings is 3. The lowest BCUT2D eigenvalue weighted by Gasteiger charge is -2.17. The van der Waals surface area contributed by atoms with Gasteiger partial charge < -0.3 is 23.9 Å². The lowest BCUT2D eigenvalue weighted by molar-refractivity contribution is -0.124. The van der Waals surface area contributed by atoms with E-state index in [2.05, 4.69) is 10.3 Å². The third-order valence-electron chi connectivity index (χ3n) is 6.80. The van der Waals surface area contributed by atoms with E-state index >= 15 is 0 Å². The first-order valence-electron chi connectivity index (χ1n) is 13.6. The summed E-state index contributed by atoms with van der Waals surface area (Å²) in [5, 5.41) is 4.07. The molecule has 1 atom stereocenters. The van der Waals surface area contributed by atoms with E-state index in [4.69, 9.17) is 18.6 Å². The number of methoxy groups -OCH3 is 1. The van der Waals surface area contributed by atoms with Gasteiger partial charge in [0.15, 0.2) is 11.7 Å². The van der Waals surface area contributed by atoms with Gasteiger partial charge in [-0.25, -0.2) is 19.4 Å². The topological polar surface area (TPSA) is 134 Å². The lowest BCUT2D eigenvalue weighted by Crippen LogP contribution is -2.32. The molecule has 2 heterocycles. The molecule has 0 aliphatic rings. The van der Waals surface area contributed by atoms with Gasteiger partial charge in [0, 0.05) is 10.9 Å². The van der Waals surface area contributed by atoms with E-state index in [1.807, 2.05) is 48.5 Å². The highest BCUT2D eigenvalue weighted by molar-refractivity contribution is 7.18.